The average Bonchev–Trinajstić information content (AvgIpc) is 1.87. The van der Waals surface area contributed by atoms with Crippen LogP contribution in [0.1, 0.15) is 33.1 Å². The molecule has 10 heavy (non-hydrogen) atoms. The molecule has 0 saturated heterocycles. The molecule has 1 aliphatic rings. The normalized spacial score (nSPS) is 24.1. The fourth-order valence-corrected chi connectivity index (χ4v) is 1.43. The lowest BCUT2D eigenvalue weighted by atomic mass is 9.76. The molecule has 0 bridgehead atoms. The number of rotatable bonds is 1. The van der Waals surface area contributed by atoms with Crippen LogP contribution < -0.4 is 0 Å². The minimum Gasteiger partial charge on any atom is -0.392 e. The Kier molecular flexibility index (Phi) is 2.14. The predicted octanol–water partition coefficient (Wildman–Crippen LogP) is 1.92. The highest BCUT2D eigenvalue weighted by Crippen LogP contribution is 2.35. The van der Waals surface area contributed by atoms with E-state index in [0.717, 1.165) is 12.0 Å². The van der Waals surface area contributed by atoms with E-state index < -0.39 is 0 Å². The molecular formula is C9H15O. The quantitative estimate of drug-likeness (QED) is 0.588. The maximum atomic E-state index is 8.93. The van der Waals surface area contributed by atoms with Crippen LogP contribution in [0.4, 0.5) is 0 Å². The van der Waals surface area contributed by atoms with Crippen molar-refractivity contribution in [1.29, 1.82) is 0 Å². The molecule has 1 heteroatoms. The van der Waals surface area contributed by atoms with E-state index in [2.05, 4.69) is 19.9 Å². The zero-order chi connectivity index (χ0) is 7.61. The van der Waals surface area contributed by atoms with E-state index in [4.69, 9.17) is 5.11 Å². The molecular weight excluding hydrogens is 124 g/mol. The molecule has 1 rings (SSSR count). The summed E-state index contributed by atoms with van der Waals surface area (Å²) in [5, 5.41) is 8.93. The van der Waals surface area contributed by atoms with Gasteiger partial charge in [-0.05, 0) is 36.3 Å². The smallest absolute Gasteiger partial charge is 0.0652 e. The Labute approximate surface area is 62.8 Å². The Morgan fingerprint density at radius 3 is 2.70 bits per heavy atom. The van der Waals surface area contributed by atoms with Gasteiger partial charge in [-0.2, -0.15) is 0 Å². The first-order valence-electron chi connectivity index (χ1n) is 3.88. The molecule has 0 fully saturated rings. The average molecular weight is 139 g/mol. The zero-order valence-corrected chi connectivity index (χ0v) is 6.78. The number of hydrogen-bond donors (Lipinski definition) is 1. The summed E-state index contributed by atoms with van der Waals surface area (Å²) in [7, 11) is 0. The summed E-state index contributed by atoms with van der Waals surface area (Å²) in [4.78, 5) is 0. The highest BCUT2D eigenvalue weighted by Gasteiger charge is 2.24. The van der Waals surface area contributed by atoms with Gasteiger partial charge in [0.25, 0.3) is 0 Å². The van der Waals surface area contributed by atoms with Crippen molar-refractivity contribution in [3.8, 4) is 0 Å². The molecule has 0 aromatic carbocycles. The van der Waals surface area contributed by atoms with Crippen LogP contribution in [0.5, 0.6) is 0 Å². The summed E-state index contributed by atoms with van der Waals surface area (Å²) >= 11 is 0. The predicted molar refractivity (Wildman–Crippen MR) is 41.5 cm³/mol. The third-order valence-electron chi connectivity index (χ3n) is 2.29. The van der Waals surface area contributed by atoms with Crippen molar-refractivity contribution >= 4 is 0 Å². The van der Waals surface area contributed by atoms with Gasteiger partial charge in [-0.15, -0.1) is 0 Å². The van der Waals surface area contributed by atoms with E-state index in [9.17, 15) is 0 Å². The summed E-state index contributed by atoms with van der Waals surface area (Å²) in [6.07, 6.45) is 6.66. The van der Waals surface area contributed by atoms with E-state index >= 15 is 0 Å². The SMILES string of the molecule is CC1(C)CCC[C]=C1CO. The van der Waals surface area contributed by atoms with Gasteiger partial charge in [0.2, 0.25) is 0 Å². The first-order valence-corrected chi connectivity index (χ1v) is 3.88. The minimum absolute atomic E-state index is 0.188. The Hall–Kier alpha value is -0.300. The summed E-state index contributed by atoms with van der Waals surface area (Å²) in [5.74, 6) is 0. The number of hydrogen-bond acceptors (Lipinski definition) is 1. The third kappa shape index (κ3) is 1.40. The van der Waals surface area contributed by atoms with Gasteiger partial charge in [-0.25, -0.2) is 0 Å². The van der Waals surface area contributed by atoms with E-state index in [-0.39, 0.29) is 12.0 Å². The lowest BCUT2D eigenvalue weighted by molar-refractivity contribution is 0.265. The molecule has 0 spiro atoms. The molecule has 0 aromatic rings. The van der Waals surface area contributed by atoms with Gasteiger partial charge in [0, 0.05) is 0 Å². The minimum atomic E-state index is 0.188. The van der Waals surface area contributed by atoms with Crippen molar-refractivity contribution in [2.45, 2.75) is 33.1 Å². The Balaban J connectivity index is 2.73. The maximum Gasteiger partial charge on any atom is 0.0652 e. The Bertz CT molecular complexity index is 145. The van der Waals surface area contributed by atoms with Crippen molar-refractivity contribution in [2.75, 3.05) is 6.61 Å². The van der Waals surface area contributed by atoms with Gasteiger partial charge >= 0.3 is 0 Å². The molecule has 1 N–H and O–H groups in total. The van der Waals surface area contributed by atoms with Crippen LogP contribution in [-0.4, -0.2) is 11.7 Å². The second kappa shape index (κ2) is 2.75. The van der Waals surface area contributed by atoms with Gasteiger partial charge in [0.15, 0.2) is 0 Å². The zero-order valence-electron chi connectivity index (χ0n) is 6.78. The molecule has 57 valence electrons. The Morgan fingerprint density at radius 1 is 1.60 bits per heavy atom. The van der Waals surface area contributed by atoms with Crippen molar-refractivity contribution in [1.82, 2.24) is 0 Å². The van der Waals surface area contributed by atoms with E-state index in [1.807, 2.05) is 0 Å². The lowest BCUT2D eigenvalue weighted by Gasteiger charge is -2.30. The Morgan fingerprint density at radius 2 is 2.30 bits per heavy atom. The second-order valence-electron chi connectivity index (χ2n) is 3.55. The van der Waals surface area contributed by atoms with Crippen LogP contribution in [0.2, 0.25) is 0 Å². The van der Waals surface area contributed by atoms with Crippen molar-refractivity contribution in [2.24, 2.45) is 5.41 Å². The van der Waals surface area contributed by atoms with Crippen LogP contribution >= 0.6 is 0 Å². The van der Waals surface area contributed by atoms with Crippen LogP contribution in [0, 0.1) is 11.5 Å². The van der Waals surface area contributed by atoms with Crippen LogP contribution in [0.3, 0.4) is 0 Å². The lowest BCUT2D eigenvalue weighted by Crippen LogP contribution is -2.20. The van der Waals surface area contributed by atoms with E-state index in [1.54, 1.807) is 0 Å². The summed E-state index contributed by atoms with van der Waals surface area (Å²) < 4.78 is 0. The topological polar surface area (TPSA) is 20.2 Å². The molecule has 1 radical (unpaired) electrons. The van der Waals surface area contributed by atoms with Crippen LogP contribution in [-0.2, 0) is 0 Å². The van der Waals surface area contributed by atoms with Gasteiger partial charge in [-0.3, -0.25) is 0 Å². The largest absolute Gasteiger partial charge is 0.392 e. The fourth-order valence-electron chi connectivity index (χ4n) is 1.43. The maximum absolute atomic E-state index is 8.93. The highest BCUT2D eigenvalue weighted by molar-refractivity contribution is 5.11. The first-order chi connectivity index (χ1) is 4.67. The van der Waals surface area contributed by atoms with Gasteiger partial charge in [-0.1, -0.05) is 13.8 Å². The van der Waals surface area contributed by atoms with Crippen molar-refractivity contribution in [3.05, 3.63) is 11.6 Å². The van der Waals surface area contributed by atoms with Crippen molar-refractivity contribution in [3.63, 3.8) is 0 Å². The molecule has 1 aliphatic carbocycles. The second-order valence-corrected chi connectivity index (χ2v) is 3.55. The first kappa shape index (κ1) is 7.80. The molecule has 1 nitrogen and oxygen atoms in total. The third-order valence-corrected chi connectivity index (χ3v) is 2.29. The molecule has 0 unspecified atom stereocenters. The fraction of sp³-hybridized carbons (Fsp3) is 0.778. The highest BCUT2D eigenvalue weighted by atomic mass is 16.3. The number of allylic oxidation sites excluding steroid dienone is 1. The molecule has 0 atom stereocenters. The molecule has 0 aromatic heterocycles. The standard InChI is InChI=1S/C9H15O/c1-9(2)6-4-3-5-8(9)7-10/h10H,3-4,6-7H2,1-2H3. The molecule has 0 amide bonds. The summed E-state index contributed by atoms with van der Waals surface area (Å²) in [6, 6.07) is 0. The van der Waals surface area contributed by atoms with Crippen LogP contribution in [0.15, 0.2) is 5.57 Å². The monoisotopic (exact) mass is 139 g/mol. The van der Waals surface area contributed by atoms with Crippen LogP contribution in [0.25, 0.3) is 0 Å². The molecule has 0 saturated carbocycles. The van der Waals surface area contributed by atoms with Gasteiger partial charge in [0.1, 0.15) is 0 Å². The number of aliphatic hydroxyl groups is 1. The summed E-state index contributed by atoms with van der Waals surface area (Å²) in [6.45, 7) is 4.53. The van der Waals surface area contributed by atoms with Gasteiger partial charge < -0.3 is 5.11 Å². The van der Waals surface area contributed by atoms with Crippen molar-refractivity contribution < 1.29 is 5.11 Å². The van der Waals surface area contributed by atoms with E-state index in [0.29, 0.717) is 0 Å². The van der Waals surface area contributed by atoms with E-state index in [1.165, 1.54) is 12.8 Å². The summed E-state index contributed by atoms with van der Waals surface area (Å²) in [5.41, 5.74) is 1.30. The molecule has 0 aliphatic heterocycles. The van der Waals surface area contributed by atoms with Gasteiger partial charge in [0.05, 0.1) is 6.61 Å². The number of aliphatic hydroxyl groups excluding tert-OH is 1. The molecule has 0 heterocycles.